The van der Waals surface area contributed by atoms with Gasteiger partial charge in [-0.3, -0.25) is 0 Å². The molecule has 13 heteroatoms. The Morgan fingerprint density at radius 3 is 0.714 bits per heavy atom. The second-order valence-electron chi connectivity index (χ2n) is 15.6. The van der Waals surface area contributed by atoms with E-state index >= 15 is 0 Å². The average molecular weight is 631 g/mol. The van der Waals surface area contributed by atoms with E-state index in [4.69, 9.17) is 20.6 Å². The van der Waals surface area contributed by atoms with Gasteiger partial charge in [-0.25, -0.2) is 0 Å². The maximum Gasteiger partial charge on any atom is 0.311 e. The quantitative estimate of drug-likeness (QED) is 0.159. The highest BCUT2D eigenvalue weighted by Crippen LogP contribution is 2.31. The van der Waals surface area contributed by atoms with E-state index in [0.717, 1.165) is 18.1 Å². The van der Waals surface area contributed by atoms with Crippen molar-refractivity contribution in [3.05, 3.63) is 0 Å². The molecule has 5 nitrogen and oxygen atoms in total. The first-order chi connectivity index (χ1) is 14.9. The maximum absolute atomic E-state index is 6.91. The van der Waals surface area contributed by atoms with E-state index < -0.39 is 67.0 Å². The first kappa shape index (κ1) is 36.5. The zero-order valence-corrected chi connectivity index (χ0v) is 34.9. The summed E-state index contributed by atoms with van der Waals surface area (Å²) in [5.74, 6) is 0. The Kier molecular flexibility index (Phi) is 12.9. The lowest BCUT2D eigenvalue weighted by molar-refractivity contribution is 0.383. The van der Waals surface area contributed by atoms with Crippen molar-refractivity contribution in [2.24, 2.45) is 0 Å². The maximum atomic E-state index is 6.91. The van der Waals surface area contributed by atoms with Crippen LogP contribution in [0, 0.1) is 0 Å². The summed E-state index contributed by atoms with van der Waals surface area (Å²) in [6, 6.07) is 4.58. The predicted molar refractivity (Wildman–Crippen MR) is 176 cm³/mol. The van der Waals surface area contributed by atoms with E-state index in [-0.39, 0.29) is 0 Å². The Balaban J connectivity index is 5.02. The van der Waals surface area contributed by atoms with Crippen molar-refractivity contribution >= 4 is 67.0 Å². The molecule has 0 saturated heterocycles. The van der Waals surface area contributed by atoms with Crippen LogP contribution in [0.2, 0.25) is 142 Å². The smallest absolute Gasteiger partial charge is 0.311 e. The fraction of sp³-hybridized carbons (Fsp3) is 1.00. The summed E-state index contributed by atoms with van der Waals surface area (Å²) < 4.78 is 33.6. The standard InChI is InChI=1S/C22H62O5Si8/c1-28(2,3)23-30(7,8)19-20-32(11,12)26-35(17,18)27-33(13,14)22-21-31(9,10)25-34(15,16)24-29(4,5)6/h19-22H2,1-18H3. The van der Waals surface area contributed by atoms with Gasteiger partial charge in [0.2, 0.25) is 0 Å². The predicted octanol–water partition coefficient (Wildman–Crippen LogP) is 8.96. The van der Waals surface area contributed by atoms with Gasteiger partial charge in [0.05, 0.1) is 0 Å². The average Bonchev–Trinajstić information content (AvgIpc) is 2.43. The van der Waals surface area contributed by atoms with Crippen molar-refractivity contribution in [3.8, 4) is 0 Å². The van der Waals surface area contributed by atoms with Crippen LogP contribution in [-0.4, -0.2) is 67.0 Å². The van der Waals surface area contributed by atoms with Crippen LogP contribution in [0.5, 0.6) is 0 Å². The monoisotopic (exact) mass is 630 g/mol. The Hall–Kier alpha value is 1.54. The van der Waals surface area contributed by atoms with Gasteiger partial charge in [0.1, 0.15) is 0 Å². The van der Waals surface area contributed by atoms with Crippen LogP contribution >= 0.6 is 0 Å². The third kappa shape index (κ3) is 19.3. The molecule has 0 atom stereocenters. The van der Waals surface area contributed by atoms with E-state index in [9.17, 15) is 0 Å². The van der Waals surface area contributed by atoms with E-state index in [1.165, 1.54) is 6.04 Å². The highest BCUT2D eigenvalue weighted by molar-refractivity contribution is 6.91. The first-order valence-corrected chi connectivity index (χ1v) is 38.4. The van der Waals surface area contributed by atoms with Crippen LogP contribution in [0.1, 0.15) is 0 Å². The molecule has 0 fully saturated rings. The van der Waals surface area contributed by atoms with E-state index in [2.05, 4.69) is 118 Å². The van der Waals surface area contributed by atoms with E-state index in [0.29, 0.717) is 0 Å². The van der Waals surface area contributed by atoms with Crippen LogP contribution in [0.25, 0.3) is 0 Å². The zero-order chi connectivity index (χ0) is 28.4. The summed E-state index contributed by atoms with van der Waals surface area (Å²) in [6.07, 6.45) is 0. The summed E-state index contributed by atoms with van der Waals surface area (Å²) in [4.78, 5) is 0. The second kappa shape index (κ2) is 12.4. The molecule has 0 rings (SSSR count). The summed E-state index contributed by atoms with van der Waals surface area (Å²) in [6.45, 7) is 41.5. The normalized spacial score (nSPS) is 15.6. The molecule has 0 N–H and O–H groups in total. The van der Waals surface area contributed by atoms with Gasteiger partial charge < -0.3 is 20.6 Å². The third-order valence-corrected chi connectivity index (χ3v) is 33.8. The van der Waals surface area contributed by atoms with Gasteiger partial charge in [0.15, 0.2) is 49.9 Å². The van der Waals surface area contributed by atoms with Gasteiger partial charge in [0.25, 0.3) is 0 Å². The first-order valence-electron chi connectivity index (χ1n) is 13.5. The van der Waals surface area contributed by atoms with Crippen LogP contribution in [0.15, 0.2) is 0 Å². The van der Waals surface area contributed by atoms with Crippen molar-refractivity contribution in [1.29, 1.82) is 0 Å². The highest BCUT2D eigenvalue weighted by Gasteiger charge is 2.43. The Morgan fingerprint density at radius 1 is 0.286 bits per heavy atom. The van der Waals surface area contributed by atoms with Gasteiger partial charge in [-0.15, -0.1) is 0 Å². The molecule has 0 radical (unpaired) electrons. The molecule has 0 aliphatic carbocycles. The van der Waals surface area contributed by atoms with Gasteiger partial charge in [-0.2, -0.15) is 0 Å². The number of hydrogen-bond acceptors (Lipinski definition) is 5. The number of rotatable bonds is 16. The molecule has 0 heterocycles. The molecule has 0 aliphatic heterocycles. The number of hydrogen-bond donors (Lipinski definition) is 0. The second-order valence-corrected chi connectivity index (χ2v) is 49.8. The Bertz CT molecular complexity index is 668. The van der Waals surface area contributed by atoms with E-state index in [1.807, 2.05) is 0 Å². The molecular weight excluding hydrogens is 569 g/mol. The molecule has 0 spiro atoms. The SMILES string of the molecule is C[Si](C)(C)O[Si](C)(C)CC[Si](C)(C)O[Si](C)(C)O[Si](C)(C)CC[Si](C)(C)O[Si](C)(C)O[Si](C)(C)C. The van der Waals surface area contributed by atoms with Gasteiger partial charge in [-0.1, -0.05) is 0 Å². The molecule has 212 valence electrons. The van der Waals surface area contributed by atoms with Crippen molar-refractivity contribution in [1.82, 2.24) is 0 Å². The van der Waals surface area contributed by atoms with Crippen LogP contribution < -0.4 is 0 Å². The minimum atomic E-state index is -2.22. The van der Waals surface area contributed by atoms with Crippen molar-refractivity contribution in [2.75, 3.05) is 0 Å². The Morgan fingerprint density at radius 2 is 0.486 bits per heavy atom. The largest absolute Gasteiger partial charge is 0.456 e. The molecule has 0 saturated carbocycles. The highest BCUT2D eigenvalue weighted by atomic mass is 28.5. The summed E-state index contributed by atoms with van der Waals surface area (Å²) >= 11 is 0. The molecule has 0 aromatic carbocycles. The van der Waals surface area contributed by atoms with Crippen LogP contribution in [-0.2, 0) is 20.6 Å². The van der Waals surface area contributed by atoms with Gasteiger partial charge >= 0.3 is 17.1 Å². The summed E-state index contributed by atoms with van der Waals surface area (Å²) in [7, 11) is -14.6. The molecule has 0 unspecified atom stereocenters. The molecule has 0 amide bonds. The van der Waals surface area contributed by atoms with Crippen molar-refractivity contribution in [2.45, 2.75) is 142 Å². The molecule has 0 bridgehead atoms. The Labute approximate surface area is 228 Å². The minimum Gasteiger partial charge on any atom is -0.456 e. The molecule has 0 aromatic rings. The molecule has 0 aromatic heterocycles. The lowest BCUT2D eigenvalue weighted by atomic mass is 10.9. The van der Waals surface area contributed by atoms with Crippen LogP contribution in [0.3, 0.4) is 0 Å². The summed E-state index contributed by atoms with van der Waals surface area (Å²) in [5.41, 5.74) is 0. The lowest BCUT2D eigenvalue weighted by Crippen LogP contribution is -2.54. The molecule has 35 heavy (non-hydrogen) atoms. The lowest BCUT2D eigenvalue weighted by Gasteiger charge is -2.41. The molecular formula is C22H62O5Si8. The molecule has 0 aliphatic rings. The van der Waals surface area contributed by atoms with Gasteiger partial charge in [0, 0.05) is 0 Å². The summed E-state index contributed by atoms with van der Waals surface area (Å²) in [5, 5.41) is 0. The minimum absolute atomic E-state index is 1.12. The van der Waals surface area contributed by atoms with E-state index in [1.54, 1.807) is 0 Å². The van der Waals surface area contributed by atoms with Crippen LogP contribution in [0.4, 0.5) is 0 Å². The van der Waals surface area contributed by atoms with Gasteiger partial charge in [-0.05, 0) is 142 Å². The third-order valence-electron chi connectivity index (χ3n) is 5.36. The zero-order valence-electron chi connectivity index (χ0n) is 26.9. The van der Waals surface area contributed by atoms with Crippen molar-refractivity contribution in [3.63, 3.8) is 0 Å². The fourth-order valence-corrected chi connectivity index (χ4v) is 45.9. The topological polar surface area (TPSA) is 46.2 Å². The van der Waals surface area contributed by atoms with Crippen molar-refractivity contribution < 1.29 is 20.6 Å². The fourth-order valence-electron chi connectivity index (χ4n) is 5.01.